The average molecular weight is 389 g/mol. The number of hydrogen-bond acceptors (Lipinski definition) is 4. The maximum Gasteiger partial charge on any atom is 0.191 e. The predicted molar refractivity (Wildman–Crippen MR) is 109 cm³/mol. The maximum atomic E-state index is 13.3. The maximum absolute atomic E-state index is 13.3. The molecular weight excluding hydrogens is 361 g/mol. The third kappa shape index (κ3) is 6.42. The van der Waals surface area contributed by atoms with Gasteiger partial charge in [0.15, 0.2) is 5.96 Å². The van der Waals surface area contributed by atoms with Gasteiger partial charge in [0.05, 0.1) is 20.8 Å². The van der Waals surface area contributed by atoms with E-state index in [9.17, 15) is 9.50 Å². The van der Waals surface area contributed by atoms with Crippen LogP contribution in [0.4, 0.5) is 4.39 Å². The first-order chi connectivity index (χ1) is 13.6. The summed E-state index contributed by atoms with van der Waals surface area (Å²) in [6.45, 7) is 3.39. The molecule has 1 unspecified atom stereocenters. The highest BCUT2D eigenvalue weighted by atomic mass is 19.1. The lowest BCUT2D eigenvalue weighted by Gasteiger charge is -2.16. The summed E-state index contributed by atoms with van der Waals surface area (Å²) in [7, 11) is 3.13. The molecule has 0 saturated heterocycles. The average Bonchev–Trinajstić information content (AvgIpc) is 2.71. The van der Waals surface area contributed by atoms with E-state index in [1.165, 1.54) is 12.1 Å². The Morgan fingerprint density at radius 2 is 1.96 bits per heavy atom. The van der Waals surface area contributed by atoms with Crippen molar-refractivity contribution in [2.24, 2.45) is 4.99 Å². The first-order valence-corrected chi connectivity index (χ1v) is 9.24. The van der Waals surface area contributed by atoms with Gasteiger partial charge in [-0.1, -0.05) is 12.1 Å². The number of rotatable bonds is 9. The summed E-state index contributed by atoms with van der Waals surface area (Å²) in [5.74, 6) is 1.56. The van der Waals surface area contributed by atoms with Crippen LogP contribution in [0, 0.1) is 5.82 Å². The molecule has 0 spiro atoms. The molecule has 6 nitrogen and oxygen atoms in total. The zero-order valence-electron chi connectivity index (χ0n) is 16.5. The lowest BCUT2D eigenvalue weighted by Crippen LogP contribution is -2.38. The zero-order valence-corrected chi connectivity index (χ0v) is 16.5. The minimum Gasteiger partial charge on any atom is -0.497 e. The molecule has 1 atom stereocenters. The van der Waals surface area contributed by atoms with E-state index in [2.05, 4.69) is 15.6 Å². The Labute approximate surface area is 165 Å². The second-order valence-electron chi connectivity index (χ2n) is 6.15. The molecule has 0 aliphatic rings. The molecule has 0 radical (unpaired) electrons. The van der Waals surface area contributed by atoms with Gasteiger partial charge in [-0.2, -0.15) is 0 Å². The number of halogens is 1. The molecule has 0 amide bonds. The largest absolute Gasteiger partial charge is 0.497 e. The number of guanidine groups is 1. The molecule has 0 fully saturated rings. The molecule has 3 N–H and O–H groups in total. The monoisotopic (exact) mass is 389 g/mol. The second-order valence-corrected chi connectivity index (χ2v) is 6.15. The summed E-state index contributed by atoms with van der Waals surface area (Å²) in [5.41, 5.74) is 1.52. The topological polar surface area (TPSA) is 75.1 Å². The molecule has 0 saturated carbocycles. The van der Waals surface area contributed by atoms with Crippen LogP contribution in [0.25, 0.3) is 0 Å². The minimum atomic E-state index is -0.844. The SMILES string of the molecule is CCNC(=NCC(O)c1cc(OC)ccc1OC)NCCc1cccc(F)c1. The van der Waals surface area contributed by atoms with Crippen LogP contribution in [0.1, 0.15) is 24.2 Å². The van der Waals surface area contributed by atoms with Gasteiger partial charge < -0.3 is 25.2 Å². The normalized spacial score (nSPS) is 12.4. The number of aliphatic hydroxyl groups is 1. The van der Waals surface area contributed by atoms with Crippen molar-refractivity contribution in [3.05, 3.63) is 59.4 Å². The predicted octanol–water partition coefficient (Wildman–Crippen LogP) is 2.67. The standard InChI is InChI=1S/C21H28FN3O3/c1-4-23-21(24-11-10-15-6-5-7-16(22)12-15)25-14-19(26)18-13-17(27-2)8-9-20(18)28-3/h5-9,12-13,19,26H,4,10-11,14H2,1-3H3,(H2,23,24,25). The molecule has 2 aromatic carbocycles. The van der Waals surface area contributed by atoms with Gasteiger partial charge in [-0.15, -0.1) is 0 Å². The highest BCUT2D eigenvalue weighted by molar-refractivity contribution is 5.79. The van der Waals surface area contributed by atoms with E-state index in [1.807, 2.05) is 13.0 Å². The summed E-state index contributed by atoms with van der Waals surface area (Å²) < 4.78 is 23.8. The van der Waals surface area contributed by atoms with Gasteiger partial charge in [-0.25, -0.2) is 4.39 Å². The molecule has 0 aliphatic heterocycles. The Balaban J connectivity index is 1.99. The van der Waals surface area contributed by atoms with E-state index in [-0.39, 0.29) is 12.4 Å². The molecule has 2 rings (SSSR count). The summed E-state index contributed by atoms with van der Waals surface area (Å²) in [6, 6.07) is 11.8. The van der Waals surface area contributed by atoms with Gasteiger partial charge >= 0.3 is 0 Å². The van der Waals surface area contributed by atoms with E-state index in [0.717, 1.165) is 5.56 Å². The summed E-state index contributed by atoms with van der Waals surface area (Å²) in [4.78, 5) is 4.44. The van der Waals surface area contributed by atoms with Crippen molar-refractivity contribution in [2.75, 3.05) is 33.9 Å². The number of benzene rings is 2. The van der Waals surface area contributed by atoms with Crippen molar-refractivity contribution in [3.63, 3.8) is 0 Å². The summed E-state index contributed by atoms with van der Waals surface area (Å²) in [5, 5.41) is 16.9. The van der Waals surface area contributed by atoms with Crippen molar-refractivity contribution in [1.29, 1.82) is 0 Å². The van der Waals surface area contributed by atoms with Crippen molar-refractivity contribution in [3.8, 4) is 11.5 Å². The molecule has 0 aliphatic carbocycles. The molecule has 0 bridgehead atoms. The van der Waals surface area contributed by atoms with E-state index in [0.29, 0.717) is 42.5 Å². The molecular formula is C21H28FN3O3. The fourth-order valence-corrected chi connectivity index (χ4v) is 2.74. The Morgan fingerprint density at radius 1 is 1.14 bits per heavy atom. The van der Waals surface area contributed by atoms with Crippen molar-refractivity contribution in [1.82, 2.24) is 10.6 Å². The lowest BCUT2D eigenvalue weighted by atomic mass is 10.1. The molecule has 7 heteroatoms. The number of ether oxygens (including phenoxy) is 2. The highest BCUT2D eigenvalue weighted by Crippen LogP contribution is 2.29. The first kappa shape index (κ1) is 21.5. The fraction of sp³-hybridized carbons (Fsp3) is 0.381. The van der Waals surface area contributed by atoms with E-state index >= 15 is 0 Å². The smallest absolute Gasteiger partial charge is 0.191 e. The number of nitrogens with one attached hydrogen (secondary N) is 2. The Bertz CT molecular complexity index is 783. The Hall–Kier alpha value is -2.80. The van der Waals surface area contributed by atoms with Crippen LogP contribution in [-0.2, 0) is 6.42 Å². The molecule has 2 aromatic rings. The van der Waals surface area contributed by atoms with Gasteiger partial charge in [0, 0.05) is 18.7 Å². The highest BCUT2D eigenvalue weighted by Gasteiger charge is 2.14. The number of aliphatic imine (C=N–C) groups is 1. The Morgan fingerprint density at radius 3 is 2.64 bits per heavy atom. The summed E-state index contributed by atoms with van der Waals surface area (Å²) in [6.07, 6.45) is -0.183. The number of methoxy groups -OCH3 is 2. The first-order valence-electron chi connectivity index (χ1n) is 9.24. The van der Waals surface area contributed by atoms with Crippen molar-refractivity contribution >= 4 is 5.96 Å². The molecule has 28 heavy (non-hydrogen) atoms. The Kier molecular flexibility index (Phi) is 8.55. The van der Waals surface area contributed by atoms with Crippen LogP contribution in [-0.4, -0.2) is 44.9 Å². The van der Waals surface area contributed by atoms with Gasteiger partial charge in [-0.05, 0) is 49.2 Å². The van der Waals surface area contributed by atoms with Crippen LogP contribution in [0.3, 0.4) is 0 Å². The summed E-state index contributed by atoms with van der Waals surface area (Å²) >= 11 is 0. The quantitative estimate of drug-likeness (QED) is 0.454. The van der Waals surface area contributed by atoms with Gasteiger partial charge in [0.1, 0.15) is 23.4 Å². The van der Waals surface area contributed by atoms with Crippen LogP contribution in [0.15, 0.2) is 47.5 Å². The molecule has 0 heterocycles. The van der Waals surface area contributed by atoms with Crippen LogP contribution in [0.5, 0.6) is 11.5 Å². The van der Waals surface area contributed by atoms with Crippen LogP contribution >= 0.6 is 0 Å². The van der Waals surface area contributed by atoms with Gasteiger partial charge in [0.2, 0.25) is 0 Å². The number of nitrogens with zero attached hydrogens (tertiary/aromatic N) is 1. The van der Waals surface area contributed by atoms with Gasteiger partial charge in [0.25, 0.3) is 0 Å². The number of aliphatic hydroxyl groups excluding tert-OH is 1. The third-order valence-corrected chi connectivity index (χ3v) is 4.16. The second kappa shape index (κ2) is 11.1. The number of hydrogen-bond donors (Lipinski definition) is 3. The van der Waals surface area contributed by atoms with Crippen LogP contribution < -0.4 is 20.1 Å². The van der Waals surface area contributed by atoms with Gasteiger partial charge in [-0.3, -0.25) is 4.99 Å². The van der Waals surface area contributed by atoms with Crippen molar-refractivity contribution < 1.29 is 19.0 Å². The van der Waals surface area contributed by atoms with E-state index < -0.39 is 6.10 Å². The third-order valence-electron chi connectivity index (χ3n) is 4.16. The molecule has 152 valence electrons. The van der Waals surface area contributed by atoms with E-state index in [4.69, 9.17) is 9.47 Å². The van der Waals surface area contributed by atoms with E-state index in [1.54, 1.807) is 38.5 Å². The fourth-order valence-electron chi connectivity index (χ4n) is 2.74. The minimum absolute atomic E-state index is 0.152. The zero-order chi connectivity index (χ0) is 20.4. The lowest BCUT2D eigenvalue weighted by molar-refractivity contribution is 0.182. The molecule has 0 aromatic heterocycles. The van der Waals surface area contributed by atoms with Crippen LogP contribution in [0.2, 0.25) is 0 Å². The van der Waals surface area contributed by atoms with Crippen molar-refractivity contribution in [2.45, 2.75) is 19.4 Å².